The van der Waals surface area contributed by atoms with Crippen LogP contribution >= 0.6 is 15.9 Å². The van der Waals surface area contributed by atoms with Crippen LogP contribution in [0.25, 0.3) is 0 Å². The van der Waals surface area contributed by atoms with Gasteiger partial charge in [-0.1, -0.05) is 5.10 Å². The molecule has 0 bridgehead atoms. The molecule has 0 amide bonds. The van der Waals surface area contributed by atoms with E-state index in [-0.39, 0.29) is 23.1 Å². The number of halogens is 1. The van der Waals surface area contributed by atoms with E-state index >= 15 is 0 Å². The Kier molecular flexibility index (Phi) is 3.45. The van der Waals surface area contributed by atoms with Crippen molar-refractivity contribution in [3.05, 3.63) is 33.9 Å². The Labute approximate surface area is 132 Å². The summed E-state index contributed by atoms with van der Waals surface area (Å²) in [5.74, 6) is -0.695. The predicted octanol–water partition coefficient (Wildman–Crippen LogP) is 1.13. The number of aromatic hydroxyl groups is 1. The molecule has 9 nitrogen and oxygen atoms in total. The van der Waals surface area contributed by atoms with E-state index < -0.39 is 12.0 Å². The van der Waals surface area contributed by atoms with Crippen molar-refractivity contribution in [1.29, 1.82) is 0 Å². The molecule has 0 saturated heterocycles. The van der Waals surface area contributed by atoms with Crippen LogP contribution in [0.3, 0.4) is 0 Å². The van der Waals surface area contributed by atoms with Gasteiger partial charge in [-0.3, -0.25) is 0 Å². The van der Waals surface area contributed by atoms with Crippen LogP contribution in [-0.2, 0) is 4.79 Å². The molecule has 0 spiro atoms. The van der Waals surface area contributed by atoms with Gasteiger partial charge in [0, 0.05) is 0 Å². The Bertz CT molecular complexity index is 788. The third kappa shape index (κ3) is 2.26. The summed E-state index contributed by atoms with van der Waals surface area (Å²) in [6, 6.07) is 2.69. The molecule has 0 radical (unpaired) electrons. The molecule has 1 atom stereocenters. The van der Waals surface area contributed by atoms with Gasteiger partial charge >= 0.3 is 5.97 Å². The summed E-state index contributed by atoms with van der Waals surface area (Å²) in [5.41, 5.74) is 0.616. The minimum atomic E-state index is -1.12. The molecule has 3 rings (SSSR count). The van der Waals surface area contributed by atoms with Crippen LogP contribution in [0, 0.1) is 0 Å². The minimum absolute atomic E-state index is 0.0320. The summed E-state index contributed by atoms with van der Waals surface area (Å²) in [7, 11) is 1.43. The highest BCUT2D eigenvalue weighted by atomic mass is 79.9. The number of carboxylic acids is 1. The van der Waals surface area contributed by atoms with Crippen molar-refractivity contribution in [3.63, 3.8) is 0 Å². The van der Waals surface area contributed by atoms with Crippen molar-refractivity contribution in [3.8, 4) is 11.5 Å². The van der Waals surface area contributed by atoms with Crippen LogP contribution < -0.4 is 10.1 Å². The first kappa shape index (κ1) is 14.3. The number of phenols is 1. The smallest absolute Gasteiger partial charge is 0.352 e. The summed E-state index contributed by atoms with van der Waals surface area (Å²) < 4.78 is 6.96. The normalized spacial score (nSPS) is 16.5. The third-order valence-corrected chi connectivity index (χ3v) is 3.77. The quantitative estimate of drug-likeness (QED) is 0.737. The number of hydrogen-bond donors (Lipinski definition) is 3. The zero-order chi connectivity index (χ0) is 15.9. The van der Waals surface area contributed by atoms with Crippen LogP contribution in [-0.4, -0.2) is 43.5 Å². The second kappa shape index (κ2) is 5.30. The number of rotatable bonds is 3. The van der Waals surface area contributed by atoms with Gasteiger partial charge in [0.15, 0.2) is 11.5 Å². The fraction of sp³-hybridized carbons (Fsp3) is 0.167. The van der Waals surface area contributed by atoms with E-state index in [2.05, 4.69) is 36.8 Å². The highest BCUT2D eigenvalue weighted by Crippen LogP contribution is 2.39. The van der Waals surface area contributed by atoms with Gasteiger partial charge < -0.3 is 20.3 Å². The number of hydrogen-bond acceptors (Lipinski definition) is 7. The SMILES string of the molecule is COc1cc([C@H]2C=C(C(=O)O)Nc3nnnn32)cc(Br)c1O. The number of nitrogens with zero attached hydrogens (tertiary/aromatic N) is 4. The lowest BCUT2D eigenvalue weighted by atomic mass is 10.0. The maximum Gasteiger partial charge on any atom is 0.352 e. The number of benzene rings is 1. The van der Waals surface area contributed by atoms with Gasteiger partial charge in [-0.05, 0) is 50.1 Å². The number of fused-ring (bicyclic) bond motifs is 1. The number of nitrogens with one attached hydrogen (secondary N) is 1. The number of allylic oxidation sites excluding steroid dienone is 1. The van der Waals surface area contributed by atoms with Crippen molar-refractivity contribution in [2.24, 2.45) is 0 Å². The Balaban J connectivity index is 2.15. The average molecular weight is 368 g/mol. The fourth-order valence-electron chi connectivity index (χ4n) is 2.14. The summed E-state index contributed by atoms with van der Waals surface area (Å²) in [6.45, 7) is 0. The zero-order valence-electron chi connectivity index (χ0n) is 11.2. The summed E-state index contributed by atoms with van der Waals surface area (Å²) >= 11 is 3.24. The molecule has 22 heavy (non-hydrogen) atoms. The Morgan fingerprint density at radius 2 is 2.27 bits per heavy atom. The predicted molar refractivity (Wildman–Crippen MR) is 77.7 cm³/mol. The molecule has 1 aliphatic rings. The molecule has 2 aromatic rings. The van der Waals surface area contributed by atoms with Gasteiger partial charge in [0.1, 0.15) is 11.7 Å². The number of carbonyl (C=O) groups is 1. The van der Waals surface area contributed by atoms with E-state index in [1.807, 2.05) is 0 Å². The molecule has 10 heteroatoms. The highest BCUT2D eigenvalue weighted by molar-refractivity contribution is 9.10. The van der Waals surface area contributed by atoms with Gasteiger partial charge in [-0.25, -0.2) is 4.79 Å². The number of aliphatic carboxylic acids is 1. The lowest BCUT2D eigenvalue weighted by Gasteiger charge is -2.22. The number of aromatic nitrogens is 4. The van der Waals surface area contributed by atoms with Crippen molar-refractivity contribution >= 4 is 27.8 Å². The van der Waals surface area contributed by atoms with Crippen LogP contribution in [0.1, 0.15) is 11.6 Å². The molecular weight excluding hydrogens is 358 g/mol. The maximum atomic E-state index is 11.2. The van der Waals surface area contributed by atoms with Crippen LogP contribution in [0.5, 0.6) is 11.5 Å². The second-order valence-electron chi connectivity index (χ2n) is 4.46. The van der Waals surface area contributed by atoms with E-state index in [0.717, 1.165) is 0 Å². The van der Waals surface area contributed by atoms with Gasteiger partial charge in [-0.2, -0.15) is 4.68 Å². The summed E-state index contributed by atoms with van der Waals surface area (Å²) in [5, 5.41) is 32.8. The number of anilines is 1. The van der Waals surface area contributed by atoms with Gasteiger partial charge in [0.2, 0.25) is 5.95 Å². The number of methoxy groups -OCH3 is 1. The number of phenolic OH excluding ortho intramolecular Hbond substituents is 1. The minimum Gasteiger partial charge on any atom is -0.503 e. The lowest BCUT2D eigenvalue weighted by Crippen LogP contribution is -2.24. The molecule has 114 valence electrons. The van der Waals surface area contributed by atoms with E-state index in [9.17, 15) is 15.0 Å². The van der Waals surface area contributed by atoms with Crippen molar-refractivity contribution in [2.45, 2.75) is 6.04 Å². The van der Waals surface area contributed by atoms with Crippen LogP contribution in [0.2, 0.25) is 0 Å². The van der Waals surface area contributed by atoms with E-state index in [0.29, 0.717) is 10.0 Å². The largest absolute Gasteiger partial charge is 0.503 e. The van der Waals surface area contributed by atoms with E-state index in [4.69, 9.17) is 4.74 Å². The first-order valence-corrected chi connectivity index (χ1v) is 6.87. The Morgan fingerprint density at radius 3 is 2.95 bits per heavy atom. The van der Waals surface area contributed by atoms with Crippen LogP contribution in [0.15, 0.2) is 28.4 Å². The van der Waals surface area contributed by atoms with Crippen LogP contribution in [0.4, 0.5) is 5.95 Å². The molecule has 3 N–H and O–H groups in total. The first-order valence-electron chi connectivity index (χ1n) is 6.07. The molecule has 0 aliphatic carbocycles. The van der Waals surface area contributed by atoms with Crippen molar-refractivity contribution in [1.82, 2.24) is 20.2 Å². The van der Waals surface area contributed by atoms with Crippen molar-refractivity contribution in [2.75, 3.05) is 12.4 Å². The molecule has 1 aliphatic heterocycles. The summed E-state index contributed by atoms with van der Waals surface area (Å²) in [4.78, 5) is 11.2. The lowest BCUT2D eigenvalue weighted by molar-refractivity contribution is -0.132. The first-order chi connectivity index (χ1) is 10.5. The number of tetrazole rings is 1. The monoisotopic (exact) mass is 367 g/mol. The summed E-state index contributed by atoms with van der Waals surface area (Å²) in [6.07, 6.45) is 1.48. The maximum absolute atomic E-state index is 11.2. The Hall–Kier alpha value is -2.62. The van der Waals surface area contributed by atoms with Gasteiger partial charge in [-0.15, -0.1) is 0 Å². The number of carboxylic acid groups (broad SMARTS) is 1. The van der Waals surface area contributed by atoms with E-state index in [1.54, 1.807) is 12.1 Å². The third-order valence-electron chi connectivity index (χ3n) is 3.17. The average Bonchev–Trinajstić information content (AvgIpc) is 2.97. The molecule has 0 fully saturated rings. The Morgan fingerprint density at radius 1 is 1.50 bits per heavy atom. The topological polar surface area (TPSA) is 122 Å². The molecule has 1 aromatic carbocycles. The molecule has 2 heterocycles. The molecule has 0 unspecified atom stereocenters. The second-order valence-corrected chi connectivity index (χ2v) is 5.31. The van der Waals surface area contributed by atoms with Crippen molar-refractivity contribution < 1.29 is 19.7 Å². The fourth-order valence-corrected chi connectivity index (χ4v) is 2.60. The standard InChI is InChI=1S/C12H10BrN5O4/c1-22-9-3-5(2-6(13)10(9)19)8-4-7(11(20)21)14-12-15-16-17-18(8)12/h2-4,8,19H,1H3,(H,20,21)(H,14,15,17)/t8-/m1/s1. The molecular formula is C12H10BrN5O4. The van der Waals surface area contributed by atoms with E-state index in [1.165, 1.54) is 17.9 Å². The van der Waals surface area contributed by atoms with Gasteiger partial charge in [0.25, 0.3) is 0 Å². The van der Waals surface area contributed by atoms with Gasteiger partial charge in [0.05, 0.1) is 11.6 Å². The number of ether oxygens (including phenoxy) is 1. The highest BCUT2D eigenvalue weighted by Gasteiger charge is 2.27. The molecule has 0 saturated carbocycles. The zero-order valence-corrected chi connectivity index (χ0v) is 12.8. The molecule has 1 aromatic heterocycles.